The van der Waals surface area contributed by atoms with Gasteiger partial charge in [-0.3, -0.25) is 4.79 Å². The van der Waals surface area contributed by atoms with Crippen molar-refractivity contribution >= 4 is 12.1 Å². The maximum atomic E-state index is 12.6. The van der Waals surface area contributed by atoms with Crippen molar-refractivity contribution in [2.45, 2.75) is 39.4 Å². The van der Waals surface area contributed by atoms with Crippen LogP contribution in [-0.2, 0) is 27.3 Å². The van der Waals surface area contributed by atoms with Crippen LogP contribution in [-0.4, -0.2) is 52.9 Å². The minimum Gasteiger partial charge on any atom is -0.485 e. The Kier molecular flexibility index (Phi) is 7.57. The number of ether oxygens (including phenoxy) is 3. The van der Waals surface area contributed by atoms with Crippen LogP contribution in [0.5, 0.6) is 5.75 Å². The first-order chi connectivity index (χ1) is 17.2. The number of likely N-dealkylation sites (tertiary alicyclic amines) is 1. The Morgan fingerprint density at radius 2 is 1.86 bits per heavy atom. The Hall–Kier alpha value is -3.88. The van der Waals surface area contributed by atoms with E-state index in [0.717, 1.165) is 11.1 Å². The first kappa shape index (κ1) is 25.2. The summed E-state index contributed by atoms with van der Waals surface area (Å²) in [7, 11) is 1.37. The molecular weight excluding hydrogens is 462 g/mol. The van der Waals surface area contributed by atoms with E-state index in [4.69, 9.17) is 18.7 Å². The summed E-state index contributed by atoms with van der Waals surface area (Å²) in [6.45, 7) is 6.28. The molecule has 1 amide bonds. The minimum atomic E-state index is -0.609. The van der Waals surface area contributed by atoms with Gasteiger partial charge in [0.2, 0.25) is 5.82 Å². The van der Waals surface area contributed by atoms with Crippen LogP contribution in [0.1, 0.15) is 32.2 Å². The van der Waals surface area contributed by atoms with Crippen LogP contribution in [0.4, 0.5) is 4.79 Å². The van der Waals surface area contributed by atoms with Crippen molar-refractivity contribution in [3.63, 3.8) is 0 Å². The summed E-state index contributed by atoms with van der Waals surface area (Å²) in [6, 6.07) is 17.2. The molecule has 0 saturated carbocycles. The van der Waals surface area contributed by atoms with Crippen molar-refractivity contribution in [1.29, 1.82) is 0 Å². The van der Waals surface area contributed by atoms with Crippen molar-refractivity contribution in [3.8, 4) is 17.2 Å². The summed E-state index contributed by atoms with van der Waals surface area (Å²) in [4.78, 5) is 31.0. The third-order valence-electron chi connectivity index (χ3n) is 5.85. The van der Waals surface area contributed by atoms with Gasteiger partial charge in [-0.25, -0.2) is 4.79 Å². The number of amides is 1. The molecule has 2 aromatic carbocycles. The molecule has 0 spiro atoms. The largest absolute Gasteiger partial charge is 0.485 e. The van der Waals surface area contributed by atoms with Gasteiger partial charge >= 0.3 is 12.1 Å². The van der Waals surface area contributed by atoms with Crippen molar-refractivity contribution < 1.29 is 28.3 Å². The van der Waals surface area contributed by atoms with Gasteiger partial charge in [-0.05, 0) is 62.9 Å². The predicted molar refractivity (Wildman–Crippen MR) is 131 cm³/mol. The maximum Gasteiger partial charge on any atom is 0.410 e. The molecule has 9 heteroatoms. The molecule has 1 aliphatic heterocycles. The number of carbonyl (C=O) groups excluding carboxylic acids is 2. The van der Waals surface area contributed by atoms with Gasteiger partial charge in [-0.15, -0.1) is 0 Å². The lowest BCUT2D eigenvalue weighted by Gasteiger charge is -2.24. The van der Waals surface area contributed by atoms with Crippen LogP contribution in [0.25, 0.3) is 11.5 Å². The molecular formula is C27H31N3O6. The van der Waals surface area contributed by atoms with Crippen LogP contribution in [0.15, 0.2) is 59.1 Å². The van der Waals surface area contributed by atoms with Gasteiger partial charge in [-0.1, -0.05) is 35.5 Å². The molecule has 1 saturated heterocycles. The highest BCUT2D eigenvalue weighted by molar-refractivity contribution is 5.76. The Balaban J connectivity index is 1.39. The van der Waals surface area contributed by atoms with Crippen LogP contribution < -0.4 is 4.74 Å². The molecule has 0 radical (unpaired) electrons. The molecule has 2 heterocycles. The Morgan fingerprint density at radius 1 is 1.08 bits per heavy atom. The first-order valence-corrected chi connectivity index (χ1v) is 11.9. The predicted octanol–water partition coefficient (Wildman–Crippen LogP) is 4.51. The third-order valence-corrected chi connectivity index (χ3v) is 5.85. The number of hydrogen-bond acceptors (Lipinski definition) is 8. The van der Waals surface area contributed by atoms with E-state index in [1.807, 2.05) is 75.4 Å². The van der Waals surface area contributed by atoms with Crippen LogP contribution in [0.2, 0.25) is 0 Å². The van der Waals surface area contributed by atoms with Crippen molar-refractivity contribution in [3.05, 3.63) is 66.0 Å². The number of nitrogens with zero attached hydrogens (tertiary/aromatic N) is 3. The van der Waals surface area contributed by atoms with E-state index in [9.17, 15) is 9.59 Å². The normalized spacial score (nSPS) is 17.6. The standard InChI is InChI=1S/C27H31N3O6/c1-27(2,3)35-26(32)30-15-20(22(16-30)25(31)33-4)13-18-9-8-12-21(14-18)34-17-23-28-24(36-29-23)19-10-6-5-7-11-19/h5-12,14,20,22H,13,15-17H2,1-4H3/t20-,22+/m1/s1. The second-order valence-electron chi connectivity index (χ2n) is 9.80. The summed E-state index contributed by atoms with van der Waals surface area (Å²) >= 11 is 0. The molecule has 3 aromatic rings. The molecule has 9 nitrogen and oxygen atoms in total. The molecule has 0 N–H and O–H groups in total. The van der Waals surface area contributed by atoms with Gasteiger partial charge in [0.15, 0.2) is 6.61 Å². The van der Waals surface area contributed by atoms with Gasteiger partial charge < -0.3 is 23.6 Å². The Morgan fingerprint density at radius 3 is 2.58 bits per heavy atom. The van der Waals surface area contributed by atoms with E-state index in [0.29, 0.717) is 30.4 Å². The van der Waals surface area contributed by atoms with E-state index in [-0.39, 0.29) is 25.0 Å². The van der Waals surface area contributed by atoms with Crippen LogP contribution in [0.3, 0.4) is 0 Å². The van der Waals surface area contributed by atoms with Gasteiger partial charge in [-0.2, -0.15) is 4.98 Å². The summed E-state index contributed by atoms with van der Waals surface area (Å²) in [6.07, 6.45) is 0.155. The lowest BCUT2D eigenvalue weighted by Crippen LogP contribution is -2.36. The lowest BCUT2D eigenvalue weighted by atomic mass is 9.89. The SMILES string of the molecule is COC(=O)[C@H]1CN(C(=O)OC(C)(C)C)C[C@H]1Cc1cccc(OCc2noc(-c3ccccc3)n2)c1. The highest BCUT2D eigenvalue weighted by Crippen LogP contribution is 2.30. The van der Waals surface area contributed by atoms with Gasteiger partial charge in [0.1, 0.15) is 11.4 Å². The number of hydrogen-bond donors (Lipinski definition) is 0. The van der Waals surface area contributed by atoms with Crippen molar-refractivity contribution in [2.24, 2.45) is 11.8 Å². The fourth-order valence-electron chi connectivity index (χ4n) is 4.20. The molecule has 1 fully saturated rings. The quantitative estimate of drug-likeness (QED) is 0.443. The minimum absolute atomic E-state index is 0.106. The first-order valence-electron chi connectivity index (χ1n) is 11.9. The molecule has 0 aliphatic carbocycles. The zero-order valence-electron chi connectivity index (χ0n) is 21.0. The molecule has 4 rings (SSSR count). The summed E-state index contributed by atoms with van der Waals surface area (Å²) < 4.78 is 21.7. The molecule has 190 valence electrons. The van der Waals surface area contributed by atoms with E-state index >= 15 is 0 Å². The summed E-state index contributed by atoms with van der Waals surface area (Å²) in [5, 5.41) is 3.99. The number of esters is 1. The van der Waals surface area contributed by atoms with Gasteiger partial charge in [0.05, 0.1) is 13.0 Å². The van der Waals surface area contributed by atoms with Crippen molar-refractivity contribution in [1.82, 2.24) is 15.0 Å². The second-order valence-corrected chi connectivity index (χ2v) is 9.80. The molecule has 1 aromatic heterocycles. The number of aromatic nitrogens is 2. The maximum absolute atomic E-state index is 12.6. The third kappa shape index (κ3) is 6.41. The summed E-state index contributed by atoms with van der Waals surface area (Å²) in [5.41, 5.74) is 1.22. The van der Waals surface area contributed by atoms with Gasteiger partial charge in [0.25, 0.3) is 5.89 Å². The zero-order chi connectivity index (χ0) is 25.7. The molecule has 1 aliphatic rings. The van der Waals surface area contributed by atoms with E-state index in [1.54, 1.807) is 4.90 Å². The zero-order valence-corrected chi connectivity index (χ0v) is 21.0. The smallest absolute Gasteiger partial charge is 0.410 e. The van der Waals surface area contributed by atoms with E-state index in [2.05, 4.69) is 10.1 Å². The highest BCUT2D eigenvalue weighted by atomic mass is 16.6. The lowest BCUT2D eigenvalue weighted by molar-refractivity contribution is -0.146. The monoisotopic (exact) mass is 493 g/mol. The fourth-order valence-corrected chi connectivity index (χ4v) is 4.20. The Labute approximate surface area is 210 Å². The molecule has 0 bridgehead atoms. The van der Waals surface area contributed by atoms with Gasteiger partial charge in [0, 0.05) is 18.7 Å². The fraction of sp³-hybridized carbons (Fsp3) is 0.407. The molecule has 2 atom stereocenters. The topological polar surface area (TPSA) is 104 Å². The number of rotatable bonds is 7. The number of benzene rings is 2. The van der Waals surface area contributed by atoms with E-state index < -0.39 is 17.6 Å². The molecule has 0 unspecified atom stereocenters. The van der Waals surface area contributed by atoms with Crippen molar-refractivity contribution in [2.75, 3.05) is 20.2 Å². The second kappa shape index (κ2) is 10.8. The van der Waals surface area contributed by atoms with Crippen LogP contribution >= 0.6 is 0 Å². The highest BCUT2D eigenvalue weighted by Gasteiger charge is 2.41. The molecule has 36 heavy (non-hydrogen) atoms. The van der Waals surface area contributed by atoms with E-state index in [1.165, 1.54) is 7.11 Å². The number of methoxy groups -OCH3 is 1. The number of carbonyl (C=O) groups is 2. The van der Waals surface area contributed by atoms with Crippen LogP contribution in [0, 0.1) is 11.8 Å². The average molecular weight is 494 g/mol. The average Bonchev–Trinajstić information content (AvgIpc) is 3.50. The summed E-state index contributed by atoms with van der Waals surface area (Å²) in [5.74, 6) is 0.662. The Bertz CT molecular complexity index is 1190.